The zero-order valence-electron chi connectivity index (χ0n) is 16.4. The number of amides is 1. The van der Waals surface area contributed by atoms with Crippen LogP contribution in [0.15, 0.2) is 35.1 Å². The van der Waals surface area contributed by atoms with Crippen molar-refractivity contribution in [3.05, 3.63) is 57.0 Å². The van der Waals surface area contributed by atoms with E-state index in [1.807, 2.05) is 13.8 Å². The molecule has 2 heterocycles. The van der Waals surface area contributed by atoms with Crippen molar-refractivity contribution in [2.24, 2.45) is 0 Å². The number of aryl methyl sites for hydroxylation is 1. The Balaban J connectivity index is 1.73. The third-order valence-corrected chi connectivity index (χ3v) is 4.72. The summed E-state index contributed by atoms with van der Waals surface area (Å²) in [5, 5.41) is 4.68. The third-order valence-electron chi connectivity index (χ3n) is 4.47. The molecule has 29 heavy (non-hydrogen) atoms. The van der Waals surface area contributed by atoms with E-state index in [2.05, 4.69) is 5.10 Å². The highest BCUT2D eigenvalue weighted by atomic mass is 35.5. The number of esters is 1. The first-order chi connectivity index (χ1) is 13.7. The van der Waals surface area contributed by atoms with E-state index in [0.717, 1.165) is 0 Å². The SMILES string of the molecule is Cc1cc(=O)c(C(=O)OCC(=O)N2C[C@H](C)O[C@@H](C)C2)nn1-c1ccc(Cl)cc1. The summed E-state index contributed by atoms with van der Waals surface area (Å²) in [6, 6.07) is 8.08. The zero-order valence-corrected chi connectivity index (χ0v) is 17.2. The largest absolute Gasteiger partial charge is 0.451 e. The molecule has 1 aromatic carbocycles. The molecule has 1 aliphatic heterocycles. The molecule has 1 amide bonds. The molecule has 0 N–H and O–H groups in total. The Morgan fingerprint density at radius 2 is 1.83 bits per heavy atom. The van der Waals surface area contributed by atoms with Crippen LogP contribution in [0, 0.1) is 6.92 Å². The second-order valence-electron chi connectivity index (χ2n) is 7.02. The van der Waals surface area contributed by atoms with Crippen molar-refractivity contribution in [3.63, 3.8) is 0 Å². The molecular formula is C20H22ClN3O5. The van der Waals surface area contributed by atoms with E-state index in [1.165, 1.54) is 10.7 Å². The van der Waals surface area contributed by atoms with Gasteiger partial charge in [-0.15, -0.1) is 0 Å². The van der Waals surface area contributed by atoms with Crippen LogP contribution in [-0.2, 0) is 14.3 Å². The van der Waals surface area contributed by atoms with Gasteiger partial charge in [-0.3, -0.25) is 9.59 Å². The number of ether oxygens (including phenoxy) is 2. The molecule has 0 radical (unpaired) electrons. The molecule has 154 valence electrons. The standard InChI is InChI=1S/C20H22ClN3O5/c1-12-8-17(25)19(22-24(12)16-6-4-15(21)5-7-16)20(27)28-11-18(26)23-9-13(2)29-14(3)10-23/h4-8,13-14H,9-11H2,1-3H3/t13-,14-/m0/s1. The Morgan fingerprint density at radius 1 is 1.21 bits per heavy atom. The van der Waals surface area contributed by atoms with Crippen molar-refractivity contribution in [2.45, 2.75) is 33.0 Å². The Bertz CT molecular complexity index is 963. The van der Waals surface area contributed by atoms with Crippen LogP contribution in [0.2, 0.25) is 5.02 Å². The van der Waals surface area contributed by atoms with Crippen molar-refractivity contribution >= 4 is 23.5 Å². The molecule has 2 atom stereocenters. The lowest BCUT2D eigenvalue weighted by Crippen LogP contribution is -2.49. The van der Waals surface area contributed by atoms with Gasteiger partial charge in [0.2, 0.25) is 11.1 Å². The molecule has 8 nitrogen and oxygen atoms in total. The smallest absolute Gasteiger partial charge is 0.363 e. The van der Waals surface area contributed by atoms with Crippen molar-refractivity contribution in [2.75, 3.05) is 19.7 Å². The molecule has 0 bridgehead atoms. The van der Waals surface area contributed by atoms with Gasteiger partial charge in [0.05, 0.1) is 17.9 Å². The van der Waals surface area contributed by atoms with Crippen LogP contribution in [0.1, 0.15) is 30.0 Å². The normalized spacial score (nSPS) is 19.1. The van der Waals surface area contributed by atoms with Crippen LogP contribution in [0.3, 0.4) is 0 Å². The lowest BCUT2D eigenvalue weighted by Gasteiger charge is -2.35. The minimum Gasteiger partial charge on any atom is -0.451 e. The number of rotatable bonds is 4. The lowest BCUT2D eigenvalue weighted by atomic mass is 10.2. The number of halogens is 1. The molecule has 0 unspecified atom stereocenters. The van der Waals surface area contributed by atoms with Gasteiger partial charge in [0.1, 0.15) is 0 Å². The Labute approximate surface area is 173 Å². The minimum absolute atomic E-state index is 0.0938. The topological polar surface area (TPSA) is 90.7 Å². The first-order valence-electron chi connectivity index (χ1n) is 9.22. The maximum Gasteiger partial charge on any atom is 0.363 e. The molecule has 1 saturated heterocycles. The van der Waals surface area contributed by atoms with E-state index in [4.69, 9.17) is 21.1 Å². The number of carbonyl (C=O) groups excluding carboxylic acids is 2. The molecule has 3 rings (SSSR count). The monoisotopic (exact) mass is 419 g/mol. The first-order valence-corrected chi connectivity index (χ1v) is 9.59. The van der Waals surface area contributed by atoms with Crippen LogP contribution < -0.4 is 5.43 Å². The van der Waals surface area contributed by atoms with Crippen LogP contribution in [0.4, 0.5) is 0 Å². The van der Waals surface area contributed by atoms with Gasteiger partial charge in [0, 0.05) is 29.9 Å². The molecular weight excluding hydrogens is 398 g/mol. The third kappa shape index (κ3) is 5.02. The van der Waals surface area contributed by atoms with Gasteiger partial charge >= 0.3 is 5.97 Å². The predicted molar refractivity (Wildman–Crippen MR) is 106 cm³/mol. The number of benzene rings is 1. The molecule has 0 saturated carbocycles. The average molecular weight is 420 g/mol. The highest BCUT2D eigenvalue weighted by Gasteiger charge is 2.27. The molecule has 0 aliphatic carbocycles. The number of hydrogen-bond donors (Lipinski definition) is 0. The Morgan fingerprint density at radius 3 is 2.45 bits per heavy atom. The fraction of sp³-hybridized carbons (Fsp3) is 0.400. The maximum absolute atomic E-state index is 12.4. The highest BCUT2D eigenvalue weighted by molar-refractivity contribution is 6.30. The summed E-state index contributed by atoms with van der Waals surface area (Å²) in [5.41, 5.74) is 0.218. The van der Waals surface area contributed by atoms with Crippen molar-refractivity contribution in [1.82, 2.24) is 14.7 Å². The van der Waals surface area contributed by atoms with E-state index < -0.39 is 18.0 Å². The quantitative estimate of drug-likeness (QED) is 0.704. The summed E-state index contributed by atoms with van der Waals surface area (Å²) >= 11 is 5.90. The lowest BCUT2D eigenvalue weighted by molar-refractivity contribution is -0.146. The molecule has 2 aromatic rings. The second kappa shape index (κ2) is 8.75. The summed E-state index contributed by atoms with van der Waals surface area (Å²) in [6.07, 6.45) is -0.188. The summed E-state index contributed by atoms with van der Waals surface area (Å²) in [7, 11) is 0. The van der Waals surface area contributed by atoms with Crippen molar-refractivity contribution in [1.29, 1.82) is 0 Å². The Kier molecular flexibility index (Phi) is 6.34. The van der Waals surface area contributed by atoms with Crippen LogP contribution in [0.25, 0.3) is 5.69 Å². The minimum atomic E-state index is -0.944. The number of hydrogen-bond acceptors (Lipinski definition) is 6. The second-order valence-corrected chi connectivity index (χ2v) is 7.46. The molecule has 1 fully saturated rings. The summed E-state index contributed by atoms with van der Waals surface area (Å²) in [5.74, 6) is -1.29. The Hall–Kier alpha value is -2.71. The van der Waals surface area contributed by atoms with Gasteiger partial charge in [-0.2, -0.15) is 5.10 Å². The maximum atomic E-state index is 12.4. The molecule has 1 aliphatic rings. The van der Waals surface area contributed by atoms with E-state index in [9.17, 15) is 14.4 Å². The number of nitrogens with zero attached hydrogens (tertiary/aromatic N) is 3. The van der Waals surface area contributed by atoms with E-state index in [1.54, 1.807) is 36.1 Å². The van der Waals surface area contributed by atoms with Crippen LogP contribution in [0.5, 0.6) is 0 Å². The van der Waals surface area contributed by atoms with Gasteiger partial charge in [0.25, 0.3) is 5.91 Å². The molecule has 1 aromatic heterocycles. The van der Waals surface area contributed by atoms with Gasteiger partial charge in [0.15, 0.2) is 6.61 Å². The van der Waals surface area contributed by atoms with E-state index in [-0.39, 0.29) is 23.8 Å². The summed E-state index contributed by atoms with van der Waals surface area (Å²) in [6.45, 7) is 5.82. The van der Waals surface area contributed by atoms with Crippen molar-refractivity contribution < 1.29 is 19.1 Å². The number of carbonyl (C=O) groups is 2. The predicted octanol–water partition coefficient (Wildman–Crippen LogP) is 1.99. The highest BCUT2D eigenvalue weighted by Crippen LogP contribution is 2.14. The molecule has 0 spiro atoms. The zero-order chi connectivity index (χ0) is 21.1. The van der Waals surface area contributed by atoms with Gasteiger partial charge in [-0.1, -0.05) is 11.6 Å². The number of aromatic nitrogens is 2. The van der Waals surface area contributed by atoms with E-state index >= 15 is 0 Å². The van der Waals surface area contributed by atoms with Crippen LogP contribution in [-0.4, -0.2) is 58.5 Å². The summed E-state index contributed by atoms with van der Waals surface area (Å²) in [4.78, 5) is 38.6. The fourth-order valence-corrected chi connectivity index (χ4v) is 3.33. The molecule has 9 heteroatoms. The van der Waals surface area contributed by atoms with Crippen LogP contribution >= 0.6 is 11.6 Å². The van der Waals surface area contributed by atoms with Gasteiger partial charge in [-0.05, 0) is 45.0 Å². The van der Waals surface area contributed by atoms with E-state index in [0.29, 0.717) is 29.5 Å². The average Bonchev–Trinajstić information content (AvgIpc) is 2.66. The summed E-state index contributed by atoms with van der Waals surface area (Å²) < 4.78 is 12.1. The van der Waals surface area contributed by atoms with Crippen molar-refractivity contribution in [3.8, 4) is 5.69 Å². The van der Waals surface area contributed by atoms with Gasteiger partial charge in [-0.25, -0.2) is 9.48 Å². The number of morpholine rings is 1. The first kappa shape index (κ1) is 21.0. The van der Waals surface area contributed by atoms with Gasteiger partial charge < -0.3 is 14.4 Å². The fourth-order valence-electron chi connectivity index (χ4n) is 3.20.